The normalized spacial score (nSPS) is 11.7. The van der Waals surface area contributed by atoms with Crippen molar-refractivity contribution >= 4 is 45.3 Å². The number of imidazole rings is 1. The molecule has 1 atom stereocenters. The van der Waals surface area contributed by atoms with Gasteiger partial charge in [0.05, 0.1) is 35.3 Å². The molecule has 0 saturated heterocycles. The van der Waals surface area contributed by atoms with Crippen molar-refractivity contribution in [3.8, 4) is 11.4 Å². The highest BCUT2D eigenvalue weighted by atomic mass is 32.1. The summed E-state index contributed by atoms with van der Waals surface area (Å²) in [5.74, 6) is -0.856. The van der Waals surface area contributed by atoms with Crippen LogP contribution in [0.2, 0.25) is 0 Å². The summed E-state index contributed by atoms with van der Waals surface area (Å²) in [6, 6.07) is 12.9. The summed E-state index contributed by atoms with van der Waals surface area (Å²) in [5, 5.41) is 4.57. The van der Waals surface area contributed by atoms with Crippen molar-refractivity contribution in [2.45, 2.75) is 33.3 Å². The first-order chi connectivity index (χ1) is 16.8. The molecule has 0 aliphatic heterocycles. The van der Waals surface area contributed by atoms with Gasteiger partial charge in [0.25, 0.3) is 5.91 Å². The first-order valence-electron chi connectivity index (χ1n) is 11.0. The fraction of sp³-hybridized carbons (Fsp3) is 0.240. The maximum Gasteiger partial charge on any atom is 0.338 e. The number of ether oxygens (including phenoxy) is 2. The second-order valence-electron chi connectivity index (χ2n) is 7.85. The van der Waals surface area contributed by atoms with E-state index in [1.807, 2.05) is 31.2 Å². The standard InChI is InChI=1S/C25H24N4O5S/c1-4-33-21(30)12-18-13-35-25(26-18)29-23(31)15(3)34-24(32)17-9-10-19-20(11-17)28-22(27-19)16-7-5-14(2)6-8-16/h5-11,13,15H,4,12H2,1-3H3,(H,27,28)(H,26,29,31). The number of rotatable bonds is 8. The van der Waals surface area contributed by atoms with Crippen molar-refractivity contribution in [1.82, 2.24) is 15.0 Å². The van der Waals surface area contributed by atoms with Crippen LogP contribution in [0.15, 0.2) is 47.8 Å². The molecule has 9 nitrogen and oxygen atoms in total. The molecule has 1 amide bonds. The predicted octanol–water partition coefficient (Wildman–Crippen LogP) is 4.28. The number of amides is 1. The molecule has 0 aliphatic rings. The highest BCUT2D eigenvalue weighted by Crippen LogP contribution is 2.22. The average Bonchev–Trinajstić information content (AvgIpc) is 3.45. The van der Waals surface area contributed by atoms with E-state index in [1.165, 1.54) is 18.3 Å². The van der Waals surface area contributed by atoms with Crippen molar-refractivity contribution in [2.75, 3.05) is 11.9 Å². The third kappa shape index (κ3) is 5.90. The van der Waals surface area contributed by atoms with Gasteiger partial charge in [0, 0.05) is 10.9 Å². The first kappa shape index (κ1) is 24.1. The van der Waals surface area contributed by atoms with Crippen LogP contribution in [-0.4, -0.2) is 45.5 Å². The largest absolute Gasteiger partial charge is 0.466 e. The predicted molar refractivity (Wildman–Crippen MR) is 132 cm³/mol. The fourth-order valence-electron chi connectivity index (χ4n) is 3.28. The molecule has 0 bridgehead atoms. The number of hydrogen-bond donors (Lipinski definition) is 2. The summed E-state index contributed by atoms with van der Waals surface area (Å²) in [7, 11) is 0. The highest BCUT2D eigenvalue weighted by molar-refractivity contribution is 7.13. The second-order valence-corrected chi connectivity index (χ2v) is 8.70. The topological polar surface area (TPSA) is 123 Å². The highest BCUT2D eigenvalue weighted by Gasteiger charge is 2.21. The van der Waals surface area contributed by atoms with E-state index in [0.717, 1.165) is 11.1 Å². The van der Waals surface area contributed by atoms with Gasteiger partial charge in [0.1, 0.15) is 5.82 Å². The number of carbonyl (C=O) groups excluding carboxylic acids is 3. The molecule has 180 valence electrons. The lowest BCUT2D eigenvalue weighted by molar-refractivity contribution is -0.142. The van der Waals surface area contributed by atoms with Gasteiger partial charge in [0.2, 0.25) is 0 Å². The number of aryl methyl sites for hydroxylation is 1. The molecule has 2 aromatic heterocycles. The summed E-state index contributed by atoms with van der Waals surface area (Å²) in [6.07, 6.45) is -1.03. The number of aromatic nitrogens is 3. The van der Waals surface area contributed by atoms with Gasteiger partial charge in [-0.15, -0.1) is 11.3 Å². The van der Waals surface area contributed by atoms with Crippen LogP contribution in [0.4, 0.5) is 5.13 Å². The third-order valence-electron chi connectivity index (χ3n) is 5.11. The quantitative estimate of drug-likeness (QED) is 0.352. The number of benzene rings is 2. The molecule has 2 N–H and O–H groups in total. The van der Waals surface area contributed by atoms with Crippen LogP contribution in [0.1, 0.15) is 35.5 Å². The Hall–Kier alpha value is -4.05. The number of nitrogens with zero attached hydrogens (tertiary/aromatic N) is 2. The molecule has 2 aromatic carbocycles. The van der Waals surface area contributed by atoms with Gasteiger partial charge in [-0.3, -0.25) is 14.9 Å². The lowest BCUT2D eigenvalue weighted by Crippen LogP contribution is -2.30. The number of fused-ring (bicyclic) bond motifs is 1. The van der Waals surface area contributed by atoms with Crippen LogP contribution in [0, 0.1) is 6.92 Å². The third-order valence-corrected chi connectivity index (χ3v) is 5.91. The van der Waals surface area contributed by atoms with E-state index in [0.29, 0.717) is 33.2 Å². The zero-order chi connectivity index (χ0) is 24.9. The van der Waals surface area contributed by atoms with E-state index in [2.05, 4.69) is 20.3 Å². The van der Waals surface area contributed by atoms with Crippen molar-refractivity contribution in [2.24, 2.45) is 0 Å². The van der Waals surface area contributed by atoms with E-state index in [-0.39, 0.29) is 13.0 Å². The summed E-state index contributed by atoms with van der Waals surface area (Å²) in [5.41, 5.74) is 4.27. The van der Waals surface area contributed by atoms with Crippen molar-refractivity contribution in [1.29, 1.82) is 0 Å². The van der Waals surface area contributed by atoms with Crippen LogP contribution in [0.3, 0.4) is 0 Å². The van der Waals surface area contributed by atoms with Gasteiger partial charge in [-0.1, -0.05) is 29.8 Å². The van der Waals surface area contributed by atoms with E-state index < -0.39 is 23.9 Å². The van der Waals surface area contributed by atoms with Crippen molar-refractivity contribution < 1.29 is 23.9 Å². The molecule has 0 spiro atoms. The molecule has 0 saturated carbocycles. The van der Waals surface area contributed by atoms with Gasteiger partial charge in [-0.25, -0.2) is 14.8 Å². The Kier molecular flexibility index (Phi) is 7.21. The lowest BCUT2D eigenvalue weighted by atomic mass is 10.1. The first-order valence-corrected chi connectivity index (χ1v) is 11.9. The van der Waals surface area contributed by atoms with Gasteiger partial charge in [0.15, 0.2) is 11.2 Å². The van der Waals surface area contributed by atoms with E-state index in [9.17, 15) is 14.4 Å². The van der Waals surface area contributed by atoms with Crippen molar-refractivity contribution in [3.63, 3.8) is 0 Å². The molecule has 35 heavy (non-hydrogen) atoms. The molecule has 2 heterocycles. The van der Waals surface area contributed by atoms with Gasteiger partial charge >= 0.3 is 11.9 Å². The van der Waals surface area contributed by atoms with Gasteiger partial charge in [-0.05, 0) is 39.0 Å². The number of thiazole rings is 1. The van der Waals surface area contributed by atoms with Crippen LogP contribution in [0.25, 0.3) is 22.4 Å². The van der Waals surface area contributed by atoms with E-state index in [4.69, 9.17) is 9.47 Å². The SMILES string of the molecule is CCOC(=O)Cc1csc(NC(=O)C(C)OC(=O)c2ccc3nc(-c4ccc(C)cc4)[nH]c3c2)n1. The summed E-state index contributed by atoms with van der Waals surface area (Å²) in [4.78, 5) is 48.7. The Morgan fingerprint density at radius 1 is 1.11 bits per heavy atom. The molecule has 0 radical (unpaired) electrons. The molecule has 0 fully saturated rings. The minimum absolute atomic E-state index is 0.0203. The maximum absolute atomic E-state index is 12.7. The zero-order valence-electron chi connectivity index (χ0n) is 19.5. The number of anilines is 1. The van der Waals surface area contributed by atoms with E-state index in [1.54, 1.807) is 30.5 Å². The molecule has 4 aromatic rings. The Morgan fingerprint density at radius 2 is 1.89 bits per heavy atom. The molecule has 10 heteroatoms. The minimum Gasteiger partial charge on any atom is -0.466 e. The Labute approximate surface area is 205 Å². The summed E-state index contributed by atoms with van der Waals surface area (Å²) in [6.45, 7) is 5.51. The van der Waals surface area contributed by atoms with Gasteiger partial charge < -0.3 is 14.5 Å². The zero-order valence-corrected chi connectivity index (χ0v) is 20.3. The Bertz CT molecular complexity index is 1380. The minimum atomic E-state index is -1.06. The second kappa shape index (κ2) is 10.5. The van der Waals surface area contributed by atoms with Crippen LogP contribution in [0.5, 0.6) is 0 Å². The molecular weight excluding hydrogens is 468 g/mol. The van der Waals surface area contributed by atoms with Crippen LogP contribution < -0.4 is 5.32 Å². The van der Waals surface area contributed by atoms with Gasteiger partial charge in [-0.2, -0.15) is 0 Å². The number of carbonyl (C=O) groups is 3. The monoisotopic (exact) mass is 492 g/mol. The summed E-state index contributed by atoms with van der Waals surface area (Å²) >= 11 is 1.17. The summed E-state index contributed by atoms with van der Waals surface area (Å²) < 4.78 is 10.2. The van der Waals surface area contributed by atoms with Crippen molar-refractivity contribution in [3.05, 3.63) is 64.7 Å². The van der Waals surface area contributed by atoms with Crippen LogP contribution in [-0.2, 0) is 25.5 Å². The Morgan fingerprint density at radius 3 is 2.63 bits per heavy atom. The number of hydrogen-bond acceptors (Lipinski definition) is 8. The fourth-order valence-corrected chi connectivity index (χ4v) is 3.99. The average molecular weight is 493 g/mol. The maximum atomic E-state index is 12.7. The molecule has 0 aliphatic carbocycles. The lowest BCUT2D eigenvalue weighted by Gasteiger charge is -2.12. The number of H-pyrrole nitrogens is 1. The molecule has 4 rings (SSSR count). The number of nitrogens with one attached hydrogen (secondary N) is 2. The molecular formula is C25H24N4O5S. The van der Waals surface area contributed by atoms with Crippen LogP contribution >= 0.6 is 11.3 Å². The smallest absolute Gasteiger partial charge is 0.338 e. The van der Waals surface area contributed by atoms with E-state index >= 15 is 0 Å². The molecule has 1 unspecified atom stereocenters. The number of aromatic amines is 1. The number of esters is 2. The Balaban J connectivity index is 1.38.